The van der Waals surface area contributed by atoms with Gasteiger partial charge in [0.2, 0.25) is 0 Å². The summed E-state index contributed by atoms with van der Waals surface area (Å²) in [7, 11) is 0. The molecule has 0 fully saturated rings. The molecular formula is C9H14ClNOS. The highest BCUT2D eigenvalue weighted by Gasteiger charge is 2.09. The minimum Gasteiger partial charge on any atom is -0.377 e. The number of thiophene rings is 1. The van der Waals surface area contributed by atoms with Crippen molar-refractivity contribution in [1.82, 2.24) is 0 Å². The molecule has 74 valence electrons. The van der Waals surface area contributed by atoms with E-state index in [-0.39, 0.29) is 12.1 Å². The summed E-state index contributed by atoms with van der Waals surface area (Å²) >= 11 is 7.30. The fourth-order valence-electron chi connectivity index (χ4n) is 0.906. The molecule has 0 bridgehead atoms. The van der Waals surface area contributed by atoms with Crippen LogP contribution < -0.4 is 5.73 Å². The van der Waals surface area contributed by atoms with Gasteiger partial charge in [-0.15, -0.1) is 11.3 Å². The van der Waals surface area contributed by atoms with E-state index in [0.29, 0.717) is 6.61 Å². The Hall–Kier alpha value is -0.0900. The predicted molar refractivity (Wildman–Crippen MR) is 57.3 cm³/mol. The van der Waals surface area contributed by atoms with Gasteiger partial charge >= 0.3 is 0 Å². The first kappa shape index (κ1) is 11.0. The van der Waals surface area contributed by atoms with Gasteiger partial charge in [0.05, 0.1) is 23.1 Å². The molecule has 1 unspecified atom stereocenters. The average molecular weight is 220 g/mol. The molecule has 2 N–H and O–H groups in total. The van der Waals surface area contributed by atoms with Crippen LogP contribution in [0, 0.1) is 0 Å². The molecule has 4 heteroatoms. The molecule has 0 aromatic carbocycles. The van der Waals surface area contributed by atoms with Crippen LogP contribution in [0.5, 0.6) is 0 Å². The van der Waals surface area contributed by atoms with Gasteiger partial charge in [-0.3, -0.25) is 0 Å². The molecule has 0 aliphatic carbocycles. The van der Waals surface area contributed by atoms with Crippen LogP contribution in [0.2, 0.25) is 4.34 Å². The van der Waals surface area contributed by atoms with Crippen LogP contribution in [0.15, 0.2) is 12.1 Å². The Morgan fingerprint density at radius 1 is 1.54 bits per heavy atom. The Morgan fingerprint density at radius 2 is 2.23 bits per heavy atom. The zero-order valence-corrected chi connectivity index (χ0v) is 9.36. The summed E-state index contributed by atoms with van der Waals surface area (Å²) in [5.74, 6) is 0. The van der Waals surface area contributed by atoms with Gasteiger partial charge in [-0.1, -0.05) is 11.6 Å². The Balaban J connectivity index is 2.44. The van der Waals surface area contributed by atoms with Crippen LogP contribution in [0.4, 0.5) is 0 Å². The lowest BCUT2D eigenvalue weighted by molar-refractivity contribution is 0.0688. The number of hydrogen-bond acceptors (Lipinski definition) is 3. The first-order valence-electron chi connectivity index (χ1n) is 4.22. The Bertz CT molecular complexity index is 262. The van der Waals surface area contributed by atoms with Crippen molar-refractivity contribution in [3.05, 3.63) is 21.3 Å². The topological polar surface area (TPSA) is 35.2 Å². The van der Waals surface area contributed by atoms with Gasteiger partial charge in [0, 0.05) is 4.88 Å². The molecule has 0 saturated heterocycles. The molecule has 1 aromatic rings. The first-order valence-corrected chi connectivity index (χ1v) is 5.41. The van der Waals surface area contributed by atoms with Crippen molar-refractivity contribution in [2.24, 2.45) is 5.73 Å². The van der Waals surface area contributed by atoms with Crippen molar-refractivity contribution in [1.29, 1.82) is 0 Å². The van der Waals surface area contributed by atoms with Crippen molar-refractivity contribution in [3.63, 3.8) is 0 Å². The standard InChI is InChI=1S/C9H14ClNOS/c1-6(2)12-5-7(11)8-3-4-9(10)13-8/h3-4,6-7H,5,11H2,1-2H3. The second-order valence-corrected chi connectivity index (χ2v) is 4.88. The van der Waals surface area contributed by atoms with Gasteiger partial charge < -0.3 is 10.5 Å². The third-order valence-electron chi connectivity index (χ3n) is 1.57. The maximum atomic E-state index is 5.88. The molecule has 0 amide bonds. The van der Waals surface area contributed by atoms with Gasteiger partial charge in [-0.05, 0) is 26.0 Å². The molecule has 0 aliphatic heterocycles. The number of nitrogens with two attached hydrogens (primary N) is 1. The summed E-state index contributed by atoms with van der Waals surface area (Å²) in [6, 6.07) is 3.75. The summed E-state index contributed by atoms with van der Waals surface area (Å²) < 4.78 is 6.18. The lowest BCUT2D eigenvalue weighted by Gasteiger charge is -2.12. The maximum Gasteiger partial charge on any atom is 0.0931 e. The Labute approximate surface area is 87.7 Å². The number of ether oxygens (including phenoxy) is 1. The maximum absolute atomic E-state index is 5.88. The highest BCUT2D eigenvalue weighted by atomic mass is 35.5. The van der Waals surface area contributed by atoms with Crippen LogP contribution in [-0.4, -0.2) is 12.7 Å². The van der Waals surface area contributed by atoms with E-state index in [2.05, 4.69) is 0 Å². The van der Waals surface area contributed by atoms with Crippen LogP contribution >= 0.6 is 22.9 Å². The molecular weight excluding hydrogens is 206 g/mol. The predicted octanol–water partition coefficient (Wildman–Crippen LogP) is 2.83. The minimum atomic E-state index is -0.0556. The summed E-state index contributed by atoms with van der Waals surface area (Å²) in [6.45, 7) is 4.54. The van der Waals surface area contributed by atoms with E-state index in [1.165, 1.54) is 11.3 Å². The van der Waals surface area contributed by atoms with E-state index >= 15 is 0 Å². The van der Waals surface area contributed by atoms with Gasteiger partial charge in [0.1, 0.15) is 0 Å². The molecule has 0 saturated carbocycles. The van der Waals surface area contributed by atoms with Gasteiger partial charge in [-0.2, -0.15) is 0 Å². The Morgan fingerprint density at radius 3 is 2.69 bits per heavy atom. The number of halogens is 1. The molecule has 2 nitrogen and oxygen atoms in total. The third-order valence-corrected chi connectivity index (χ3v) is 2.93. The zero-order valence-electron chi connectivity index (χ0n) is 7.79. The molecule has 1 heterocycles. The first-order chi connectivity index (χ1) is 6.09. The lowest BCUT2D eigenvalue weighted by Crippen LogP contribution is -2.18. The highest BCUT2D eigenvalue weighted by molar-refractivity contribution is 7.16. The van der Waals surface area contributed by atoms with E-state index in [0.717, 1.165) is 9.21 Å². The second-order valence-electron chi connectivity index (χ2n) is 3.13. The van der Waals surface area contributed by atoms with Crippen LogP contribution in [0.25, 0.3) is 0 Å². The SMILES string of the molecule is CC(C)OCC(N)c1ccc(Cl)s1. The zero-order chi connectivity index (χ0) is 9.84. The average Bonchev–Trinajstić information content (AvgIpc) is 2.47. The van der Waals surface area contributed by atoms with Crippen molar-refractivity contribution in [3.8, 4) is 0 Å². The third kappa shape index (κ3) is 3.65. The van der Waals surface area contributed by atoms with Crippen LogP contribution in [-0.2, 0) is 4.74 Å². The molecule has 13 heavy (non-hydrogen) atoms. The lowest BCUT2D eigenvalue weighted by atomic mass is 10.3. The van der Waals surface area contributed by atoms with Crippen molar-refractivity contribution in [2.45, 2.75) is 26.0 Å². The summed E-state index contributed by atoms with van der Waals surface area (Å²) in [5, 5.41) is 0. The largest absolute Gasteiger partial charge is 0.377 e. The fourth-order valence-corrected chi connectivity index (χ4v) is 1.95. The highest BCUT2D eigenvalue weighted by Crippen LogP contribution is 2.25. The summed E-state index contributed by atoms with van der Waals surface area (Å²) in [4.78, 5) is 1.07. The van der Waals surface area contributed by atoms with E-state index in [9.17, 15) is 0 Å². The quantitative estimate of drug-likeness (QED) is 0.845. The monoisotopic (exact) mass is 219 g/mol. The molecule has 1 aromatic heterocycles. The van der Waals surface area contributed by atoms with E-state index in [4.69, 9.17) is 22.1 Å². The second kappa shape index (κ2) is 4.96. The van der Waals surface area contributed by atoms with E-state index in [1.54, 1.807) is 0 Å². The van der Waals surface area contributed by atoms with E-state index in [1.807, 2.05) is 26.0 Å². The van der Waals surface area contributed by atoms with Crippen molar-refractivity contribution >= 4 is 22.9 Å². The van der Waals surface area contributed by atoms with Crippen molar-refractivity contribution < 1.29 is 4.74 Å². The summed E-state index contributed by atoms with van der Waals surface area (Å²) in [6.07, 6.45) is 0.224. The normalized spacial score (nSPS) is 13.6. The van der Waals surface area contributed by atoms with Crippen LogP contribution in [0.1, 0.15) is 24.8 Å². The van der Waals surface area contributed by atoms with Crippen LogP contribution in [0.3, 0.4) is 0 Å². The van der Waals surface area contributed by atoms with E-state index < -0.39 is 0 Å². The Kier molecular flexibility index (Phi) is 4.19. The smallest absolute Gasteiger partial charge is 0.0931 e. The molecule has 0 radical (unpaired) electrons. The van der Waals surface area contributed by atoms with Gasteiger partial charge in [0.25, 0.3) is 0 Å². The minimum absolute atomic E-state index is 0.0556. The molecule has 1 atom stereocenters. The van der Waals surface area contributed by atoms with Gasteiger partial charge in [0.15, 0.2) is 0 Å². The van der Waals surface area contributed by atoms with Crippen molar-refractivity contribution in [2.75, 3.05) is 6.61 Å². The molecule has 1 rings (SSSR count). The fraction of sp³-hybridized carbons (Fsp3) is 0.556. The number of rotatable bonds is 4. The molecule has 0 spiro atoms. The number of hydrogen-bond donors (Lipinski definition) is 1. The molecule has 0 aliphatic rings. The summed E-state index contributed by atoms with van der Waals surface area (Å²) in [5.41, 5.74) is 5.88. The van der Waals surface area contributed by atoms with Gasteiger partial charge in [-0.25, -0.2) is 0 Å².